The average molecular weight is 404 g/mol. The molecule has 2 heterocycles. The Balaban J connectivity index is 1.74. The Hall–Kier alpha value is -2.45. The molecule has 148 valence electrons. The zero-order valence-corrected chi connectivity index (χ0v) is 16.7. The molecule has 1 spiro atoms. The molecule has 0 unspecified atom stereocenters. The molecule has 0 bridgehead atoms. The second-order valence-electron chi connectivity index (χ2n) is 7.33. The Morgan fingerprint density at radius 3 is 2.61 bits per heavy atom. The monoisotopic (exact) mass is 404 g/mol. The van der Waals surface area contributed by atoms with Crippen molar-refractivity contribution in [2.45, 2.75) is 23.7 Å². The fourth-order valence-electron chi connectivity index (χ4n) is 4.16. The van der Waals surface area contributed by atoms with Crippen molar-refractivity contribution >= 4 is 21.6 Å². The first kappa shape index (κ1) is 18.9. The van der Waals surface area contributed by atoms with E-state index in [1.165, 1.54) is 23.4 Å². The van der Waals surface area contributed by atoms with E-state index in [0.717, 1.165) is 17.3 Å². The first-order chi connectivity index (χ1) is 13.2. The lowest BCUT2D eigenvalue weighted by atomic mass is 9.81. The molecule has 2 aliphatic rings. The van der Waals surface area contributed by atoms with Gasteiger partial charge in [-0.25, -0.2) is 12.8 Å². The summed E-state index contributed by atoms with van der Waals surface area (Å²) >= 11 is 0. The number of benzene rings is 2. The quantitative estimate of drug-likeness (QED) is 0.788. The summed E-state index contributed by atoms with van der Waals surface area (Å²) in [5.74, 6) is 0.0471. The van der Waals surface area contributed by atoms with Crippen molar-refractivity contribution in [2.24, 2.45) is 0 Å². The lowest BCUT2D eigenvalue weighted by Gasteiger charge is -2.23. The van der Waals surface area contributed by atoms with Crippen LogP contribution in [0.3, 0.4) is 0 Å². The van der Waals surface area contributed by atoms with E-state index in [-0.39, 0.29) is 29.5 Å². The summed E-state index contributed by atoms with van der Waals surface area (Å²) in [6.07, 6.45) is 0.385. The number of methoxy groups -OCH3 is 1. The molecule has 1 fully saturated rings. The predicted molar refractivity (Wildman–Crippen MR) is 103 cm³/mol. The number of nitrogens with zero attached hydrogens (tertiary/aromatic N) is 2. The van der Waals surface area contributed by atoms with E-state index in [1.807, 2.05) is 12.1 Å². The first-order valence-corrected chi connectivity index (χ1v) is 10.4. The molecule has 6 nitrogen and oxygen atoms in total. The second kappa shape index (κ2) is 6.28. The summed E-state index contributed by atoms with van der Waals surface area (Å²) in [5.41, 5.74) is 0.887. The highest BCUT2D eigenvalue weighted by Crippen LogP contribution is 2.48. The largest absolute Gasteiger partial charge is 0.497 e. The minimum atomic E-state index is -3.84. The van der Waals surface area contributed by atoms with Gasteiger partial charge in [0.2, 0.25) is 15.9 Å². The van der Waals surface area contributed by atoms with Gasteiger partial charge in [0.15, 0.2) is 0 Å². The minimum Gasteiger partial charge on any atom is -0.497 e. The lowest BCUT2D eigenvalue weighted by Crippen LogP contribution is -2.42. The fraction of sp³-hybridized carbons (Fsp3) is 0.350. The Labute approximate surface area is 163 Å². The van der Waals surface area contributed by atoms with Crippen LogP contribution in [0.5, 0.6) is 5.75 Å². The topological polar surface area (TPSA) is 66.9 Å². The number of anilines is 1. The molecule has 1 saturated heterocycles. The van der Waals surface area contributed by atoms with Gasteiger partial charge in [0.25, 0.3) is 0 Å². The SMILES string of the molecule is COc1ccc2c(c1)[C@@]1(CCN(S(=O)(=O)c3ccc(F)c(C)c3)C1)C(=O)N2C. The molecule has 8 heteroatoms. The van der Waals surface area contributed by atoms with Gasteiger partial charge in [0.1, 0.15) is 11.6 Å². The first-order valence-electron chi connectivity index (χ1n) is 8.94. The molecule has 0 aromatic heterocycles. The predicted octanol–water partition coefficient (Wildman–Crippen LogP) is 2.45. The van der Waals surface area contributed by atoms with Crippen molar-refractivity contribution in [1.82, 2.24) is 4.31 Å². The number of carbonyl (C=O) groups is 1. The molecular formula is C20H21FN2O4S. The van der Waals surface area contributed by atoms with Crippen LogP contribution in [0.15, 0.2) is 41.3 Å². The molecule has 1 amide bonds. The average Bonchev–Trinajstić information content (AvgIpc) is 3.22. The van der Waals surface area contributed by atoms with Crippen LogP contribution in [0.2, 0.25) is 0 Å². The number of hydrogen-bond donors (Lipinski definition) is 0. The summed E-state index contributed by atoms with van der Waals surface area (Å²) in [5, 5.41) is 0. The van der Waals surface area contributed by atoms with Crippen LogP contribution in [0.1, 0.15) is 17.5 Å². The number of likely N-dealkylation sites (N-methyl/N-ethyl adjacent to an activating group) is 1. The highest BCUT2D eigenvalue weighted by molar-refractivity contribution is 7.89. The van der Waals surface area contributed by atoms with Crippen molar-refractivity contribution in [3.05, 3.63) is 53.3 Å². The Bertz CT molecular complexity index is 1090. The summed E-state index contributed by atoms with van der Waals surface area (Å²) < 4.78 is 46.4. The highest BCUT2D eigenvalue weighted by Gasteiger charge is 2.55. The molecule has 4 rings (SSSR count). The van der Waals surface area contributed by atoms with Gasteiger partial charge in [-0.2, -0.15) is 4.31 Å². The van der Waals surface area contributed by atoms with Gasteiger partial charge in [0.05, 0.1) is 17.4 Å². The molecular weight excluding hydrogens is 383 g/mol. The van der Waals surface area contributed by atoms with E-state index in [9.17, 15) is 17.6 Å². The Kier molecular flexibility index (Phi) is 4.24. The maximum Gasteiger partial charge on any atom is 0.243 e. The molecule has 28 heavy (non-hydrogen) atoms. The van der Waals surface area contributed by atoms with E-state index in [0.29, 0.717) is 12.2 Å². The molecule has 2 aliphatic heterocycles. The van der Waals surface area contributed by atoms with Crippen LogP contribution >= 0.6 is 0 Å². The van der Waals surface area contributed by atoms with Crippen molar-refractivity contribution in [3.63, 3.8) is 0 Å². The van der Waals surface area contributed by atoms with Crippen molar-refractivity contribution in [3.8, 4) is 5.75 Å². The van der Waals surface area contributed by atoms with E-state index >= 15 is 0 Å². The van der Waals surface area contributed by atoms with Gasteiger partial charge in [-0.3, -0.25) is 4.79 Å². The van der Waals surface area contributed by atoms with Crippen LogP contribution in [0.4, 0.5) is 10.1 Å². The molecule has 2 aromatic rings. The number of hydrogen-bond acceptors (Lipinski definition) is 4. The second-order valence-corrected chi connectivity index (χ2v) is 9.27. The van der Waals surface area contributed by atoms with E-state index in [4.69, 9.17) is 4.74 Å². The maximum atomic E-state index is 13.6. The summed E-state index contributed by atoms with van der Waals surface area (Å²) in [6, 6.07) is 9.17. The van der Waals surface area contributed by atoms with E-state index < -0.39 is 21.3 Å². The normalized spacial score (nSPS) is 22.1. The molecule has 1 atom stereocenters. The Morgan fingerprint density at radius 1 is 1.18 bits per heavy atom. The number of amides is 1. The van der Waals surface area contributed by atoms with Gasteiger partial charge in [-0.1, -0.05) is 0 Å². The van der Waals surface area contributed by atoms with Gasteiger partial charge >= 0.3 is 0 Å². The number of fused-ring (bicyclic) bond motifs is 2. The minimum absolute atomic E-state index is 0.0353. The molecule has 0 N–H and O–H groups in total. The third kappa shape index (κ3) is 2.55. The fourth-order valence-corrected chi connectivity index (χ4v) is 5.75. The van der Waals surface area contributed by atoms with Gasteiger partial charge in [-0.15, -0.1) is 0 Å². The smallest absolute Gasteiger partial charge is 0.243 e. The number of carbonyl (C=O) groups excluding carboxylic acids is 1. The Morgan fingerprint density at radius 2 is 1.93 bits per heavy atom. The molecule has 2 aromatic carbocycles. The van der Waals surface area contributed by atoms with Gasteiger partial charge < -0.3 is 9.64 Å². The van der Waals surface area contributed by atoms with Crippen molar-refractivity contribution in [1.29, 1.82) is 0 Å². The summed E-state index contributed by atoms with van der Waals surface area (Å²) in [7, 11) is -0.586. The summed E-state index contributed by atoms with van der Waals surface area (Å²) in [4.78, 5) is 14.7. The van der Waals surface area contributed by atoms with Gasteiger partial charge in [0, 0.05) is 25.8 Å². The number of sulfonamides is 1. The van der Waals surface area contributed by atoms with Crippen molar-refractivity contribution < 1.29 is 22.3 Å². The molecule has 0 radical (unpaired) electrons. The van der Waals surface area contributed by atoms with Crippen LogP contribution in [0.25, 0.3) is 0 Å². The molecule has 0 aliphatic carbocycles. The number of ether oxygens (including phenoxy) is 1. The zero-order chi connectivity index (χ0) is 20.3. The standard InChI is InChI=1S/C20H21FN2O4S/c1-13-10-15(5-6-17(13)21)28(25,26)23-9-8-20(12-23)16-11-14(27-3)4-7-18(16)22(2)19(20)24/h4-7,10-11H,8-9,12H2,1-3H3/t20-/m0/s1. The number of aryl methyl sites for hydroxylation is 1. The van der Waals surface area contributed by atoms with Crippen molar-refractivity contribution in [2.75, 3.05) is 32.1 Å². The number of halogens is 1. The van der Waals surface area contributed by atoms with Gasteiger partial charge in [-0.05, 0) is 60.9 Å². The third-order valence-electron chi connectivity index (χ3n) is 5.80. The van der Waals surface area contributed by atoms with E-state index in [1.54, 1.807) is 25.1 Å². The number of rotatable bonds is 3. The summed E-state index contributed by atoms with van der Waals surface area (Å²) in [6.45, 7) is 1.79. The van der Waals surface area contributed by atoms with Crippen LogP contribution in [0, 0.1) is 12.7 Å². The van der Waals surface area contributed by atoms with Crippen LogP contribution in [-0.2, 0) is 20.2 Å². The van der Waals surface area contributed by atoms with E-state index in [2.05, 4.69) is 0 Å². The maximum absolute atomic E-state index is 13.6. The zero-order valence-electron chi connectivity index (χ0n) is 15.9. The molecule has 0 saturated carbocycles. The van der Waals surface area contributed by atoms with Crippen LogP contribution < -0.4 is 9.64 Å². The lowest BCUT2D eigenvalue weighted by molar-refractivity contribution is -0.122. The highest BCUT2D eigenvalue weighted by atomic mass is 32.2. The van der Waals surface area contributed by atoms with Crippen LogP contribution in [-0.4, -0.2) is 45.9 Å². The third-order valence-corrected chi connectivity index (χ3v) is 7.64.